The van der Waals surface area contributed by atoms with Crippen LogP contribution in [0.4, 0.5) is 4.39 Å². The first-order valence-corrected chi connectivity index (χ1v) is 9.46. The molecule has 1 saturated heterocycles. The molecule has 2 aromatic rings. The zero-order valence-electron chi connectivity index (χ0n) is 15.3. The molecule has 142 valence electrons. The standard InChI is InChI=1S/C21H23ClFN3O/c1-15(17-4-8-20(23)9-5-17)24-25-21(27)18-10-12-26(13-11-18)14-16-2-6-19(22)7-3-16/h2-9,18H,10-14H2,1H3,(H,25,27)/b24-15+. The maximum atomic E-state index is 13.0. The van der Waals surface area contributed by atoms with Gasteiger partial charge in [0, 0.05) is 17.5 Å². The fourth-order valence-corrected chi connectivity index (χ4v) is 3.31. The van der Waals surface area contributed by atoms with Crippen LogP contribution >= 0.6 is 11.6 Å². The molecule has 0 atom stereocenters. The first kappa shape index (κ1) is 19.5. The van der Waals surface area contributed by atoms with Crippen molar-refractivity contribution in [1.82, 2.24) is 10.3 Å². The van der Waals surface area contributed by atoms with Crippen LogP contribution in [0.5, 0.6) is 0 Å². The summed E-state index contributed by atoms with van der Waals surface area (Å²) in [6.07, 6.45) is 1.62. The van der Waals surface area contributed by atoms with Crippen LogP contribution in [0.25, 0.3) is 0 Å². The zero-order chi connectivity index (χ0) is 19.2. The van der Waals surface area contributed by atoms with Gasteiger partial charge in [-0.25, -0.2) is 9.82 Å². The number of amides is 1. The SMILES string of the molecule is C/C(=N\NC(=O)C1CCN(Cc2ccc(Cl)cc2)CC1)c1ccc(F)cc1. The lowest BCUT2D eigenvalue weighted by atomic mass is 9.96. The van der Waals surface area contributed by atoms with E-state index in [1.54, 1.807) is 19.1 Å². The first-order valence-electron chi connectivity index (χ1n) is 9.08. The van der Waals surface area contributed by atoms with Crippen LogP contribution in [-0.2, 0) is 11.3 Å². The van der Waals surface area contributed by atoms with E-state index >= 15 is 0 Å². The third-order valence-electron chi connectivity index (χ3n) is 4.87. The second kappa shape index (κ2) is 9.11. The van der Waals surface area contributed by atoms with Gasteiger partial charge in [0.05, 0.1) is 5.71 Å². The third-order valence-corrected chi connectivity index (χ3v) is 5.13. The number of nitrogens with zero attached hydrogens (tertiary/aromatic N) is 2. The number of rotatable bonds is 5. The molecule has 0 radical (unpaired) electrons. The summed E-state index contributed by atoms with van der Waals surface area (Å²) in [6, 6.07) is 13.9. The average Bonchev–Trinajstić information content (AvgIpc) is 2.69. The normalized spacial score (nSPS) is 16.3. The van der Waals surface area contributed by atoms with Crippen LogP contribution in [0.1, 0.15) is 30.9 Å². The van der Waals surface area contributed by atoms with Crippen molar-refractivity contribution in [3.05, 3.63) is 70.5 Å². The maximum Gasteiger partial charge on any atom is 0.243 e. The van der Waals surface area contributed by atoms with Gasteiger partial charge in [-0.3, -0.25) is 9.69 Å². The van der Waals surface area contributed by atoms with Gasteiger partial charge in [-0.15, -0.1) is 0 Å². The Hall–Kier alpha value is -2.24. The zero-order valence-corrected chi connectivity index (χ0v) is 16.0. The number of likely N-dealkylation sites (tertiary alicyclic amines) is 1. The number of hydrogen-bond donors (Lipinski definition) is 1. The van der Waals surface area contributed by atoms with E-state index in [0.717, 1.165) is 43.1 Å². The van der Waals surface area contributed by atoms with Gasteiger partial charge < -0.3 is 0 Å². The van der Waals surface area contributed by atoms with Crippen LogP contribution in [0.15, 0.2) is 53.6 Å². The van der Waals surface area contributed by atoms with E-state index in [0.29, 0.717) is 5.71 Å². The summed E-state index contributed by atoms with van der Waals surface area (Å²) in [5, 5.41) is 4.90. The van der Waals surface area contributed by atoms with Crippen molar-refractivity contribution in [1.29, 1.82) is 0 Å². The average molecular weight is 388 g/mol. The summed E-state index contributed by atoms with van der Waals surface area (Å²) >= 11 is 5.92. The van der Waals surface area contributed by atoms with Gasteiger partial charge in [0.25, 0.3) is 0 Å². The predicted molar refractivity (Wildman–Crippen MR) is 106 cm³/mol. The molecule has 6 heteroatoms. The van der Waals surface area contributed by atoms with Crippen molar-refractivity contribution in [2.75, 3.05) is 13.1 Å². The van der Waals surface area contributed by atoms with E-state index in [4.69, 9.17) is 11.6 Å². The smallest absolute Gasteiger partial charge is 0.243 e. The van der Waals surface area contributed by atoms with Crippen molar-refractivity contribution < 1.29 is 9.18 Å². The molecule has 1 fully saturated rings. The molecule has 27 heavy (non-hydrogen) atoms. The molecule has 0 aromatic heterocycles. The highest BCUT2D eigenvalue weighted by molar-refractivity contribution is 6.30. The summed E-state index contributed by atoms with van der Waals surface area (Å²) in [6.45, 7) is 4.41. The van der Waals surface area contributed by atoms with Gasteiger partial charge in [0.2, 0.25) is 5.91 Å². The molecule has 4 nitrogen and oxygen atoms in total. The van der Waals surface area contributed by atoms with Gasteiger partial charge in [0.1, 0.15) is 5.82 Å². The maximum absolute atomic E-state index is 13.0. The van der Waals surface area contributed by atoms with Crippen molar-refractivity contribution in [2.45, 2.75) is 26.3 Å². The number of carbonyl (C=O) groups is 1. The van der Waals surface area contributed by atoms with E-state index in [-0.39, 0.29) is 17.6 Å². The Kier molecular flexibility index (Phi) is 6.58. The number of hydrazone groups is 1. The van der Waals surface area contributed by atoms with Crippen LogP contribution in [0.3, 0.4) is 0 Å². The minimum Gasteiger partial charge on any atom is -0.299 e. The van der Waals surface area contributed by atoms with E-state index in [1.165, 1.54) is 17.7 Å². The molecule has 1 aliphatic heterocycles. The van der Waals surface area contributed by atoms with Crippen molar-refractivity contribution in [3.8, 4) is 0 Å². The molecule has 1 aliphatic rings. The van der Waals surface area contributed by atoms with E-state index in [1.807, 2.05) is 24.3 Å². The van der Waals surface area contributed by atoms with Gasteiger partial charge in [0.15, 0.2) is 0 Å². The fraction of sp³-hybridized carbons (Fsp3) is 0.333. The molecule has 3 rings (SSSR count). The number of hydrogen-bond acceptors (Lipinski definition) is 3. The Morgan fingerprint density at radius 1 is 1.15 bits per heavy atom. The lowest BCUT2D eigenvalue weighted by Gasteiger charge is -2.30. The second-order valence-electron chi connectivity index (χ2n) is 6.86. The van der Waals surface area contributed by atoms with Gasteiger partial charge in [-0.05, 0) is 68.2 Å². The number of nitrogens with one attached hydrogen (secondary N) is 1. The predicted octanol–water partition coefficient (Wildman–Crippen LogP) is 4.23. The Morgan fingerprint density at radius 3 is 2.41 bits per heavy atom. The molecule has 1 amide bonds. The molecular weight excluding hydrogens is 365 g/mol. The highest BCUT2D eigenvalue weighted by Crippen LogP contribution is 2.20. The molecular formula is C21H23ClFN3O. The van der Waals surface area contributed by atoms with Crippen molar-refractivity contribution >= 4 is 23.2 Å². The number of benzene rings is 2. The molecule has 0 bridgehead atoms. The number of halogens is 2. The van der Waals surface area contributed by atoms with Crippen LogP contribution < -0.4 is 5.43 Å². The molecule has 0 unspecified atom stereocenters. The Bertz CT molecular complexity index is 797. The van der Waals surface area contributed by atoms with E-state index in [2.05, 4.69) is 15.4 Å². The van der Waals surface area contributed by atoms with E-state index < -0.39 is 0 Å². The topological polar surface area (TPSA) is 44.7 Å². The molecule has 1 N–H and O–H groups in total. The summed E-state index contributed by atoms with van der Waals surface area (Å²) in [4.78, 5) is 14.7. The Labute approximate surface area is 164 Å². The summed E-state index contributed by atoms with van der Waals surface area (Å²) in [5.74, 6) is -0.375. The van der Waals surface area contributed by atoms with Gasteiger partial charge in [-0.2, -0.15) is 5.10 Å². The van der Waals surface area contributed by atoms with Gasteiger partial charge >= 0.3 is 0 Å². The molecule has 1 heterocycles. The molecule has 2 aromatic carbocycles. The molecule has 0 saturated carbocycles. The van der Waals surface area contributed by atoms with Crippen LogP contribution in [0, 0.1) is 11.7 Å². The Balaban J connectivity index is 1.47. The molecule has 0 aliphatic carbocycles. The highest BCUT2D eigenvalue weighted by atomic mass is 35.5. The van der Waals surface area contributed by atoms with Crippen LogP contribution in [-0.4, -0.2) is 29.6 Å². The minimum absolute atomic E-state index is 0.0313. The Morgan fingerprint density at radius 2 is 1.78 bits per heavy atom. The highest BCUT2D eigenvalue weighted by Gasteiger charge is 2.24. The van der Waals surface area contributed by atoms with Crippen LogP contribution in [0.2, 0.25) is 5.02 Å². The lowest BCUT2D eigenvalue weighted by molar-refractivity contribution is -0.126. The van der Waals surface area contributed by atoms with E-state index in [9.17, 15) is 9.18 Å². The first-order chi connectivity index (χ1) is 13.0. The van der Waals surface area contributed by atoms with Crippen molar-refractivity contribution in [3.63, 3.8) is 0 Å². The quantitative estimate of drug-likeness (QED) is 0.616. The number of carbonyl (C=O) groups excluding carboxylic acids is 1. The second-order valence-corrected chi connectivity index (χ2v) is 7.29. The lowest BCUT2D eigenvalue weighted by Crippen LogP contribution is -2.39. The third kappa shape index (κ3) is 5.62. The fourth-order valence-electron chi connectivity index (χ4n) is 3.19. The largest absolute Gasteiger partial charge is 0.299 e. The van der Waals surface area contributed by atoms with Crippen molar-refractivity contribution in [2.24, 2.45) is 11.0 Å². The summed E-state index contributed by atoms with van der Waals surface area (Å²) in [7, 11) is 0. The monoisotopic (exact) mass is 387 g/mol. The summed E-state index contributed by atoms with van der Waals surface area (Å²) < 4.78 is 13.0. The molecule has 0 spiro atoms. The minimum atomic E-state index is -0.291. The number of piperidine rings is 1. The summed E-state index contributed by atoms with van der Waals surface area (Å²) in [5.41, 5.74) is 5.32. The van der Waals surface area contributed by atoms with Gasteiger partial charge in [-0.1, -0.05) is 35.9 Å².